The van der Waals surface area contributed by atoms with Gasteiger partial charge in [0.1, 0.15) is 5.75 Å². The van der Waals surface area contributed by atoms with Gasteiger partial charge in [0.05, 0.1) is 11.9 Å². The summed E-state index contributed by atoms with van der Waals surface area (Å²) in [6.07, 6.45) is 3.86. The number of rotatable bonds is 1. The fraction of sp³-hybridized carbons (Fsp3) is 0.444. The SMILES string of the molecule is Oc1ccc([C@@H]2CCCN2)nc1. The molecule has 64 valence electrons. The summed E-state index contributed by atoms with van der Waals surface area (Å²) in [5.41, 5.74) is 1.03. The van der Waals surface area contributed by atoms with Crippen LogP contribution in [0.4, 0.5) is 0 Å². The summed E-state index contributed by atoms with van der Waals surface area (Å²) >= 11 is 0. The fourth-order valence-electron chi connectivity index (χ4n) is 1.54. The van der Waals surface area contributed by atoms with Crippen LogP contribution >= 0.6 is 0 Å². The summed E-state index contributed by atoms with van der Waals surface area (Å²) < 4.78 is 0. The van der Waals surface area contributed by atoms with E-state index in [0.29, 0.717) is 6.04 Å². The smallest absolute Gasteiger partial charge is 0.133 e. The van der Waals surface area contributed by atoms with E-state index < -0.39 is 0 Å². The van der Waals surface area contributed by atoms with E-state index in [4.69, 9.17) is 5.11 Å². The third-order valence-corrected chi connectivity index (χ3v) is 2.19. The molecular formula is C9H12N2O. The highest BCUT2D eigenvalue weighted by Crippen LogP contribution is 2.21. The van der Waals surface area contributed by atoms with Gasteiger partial charge in [0.25, 0.3) is 0 Å². The van der Waals surface area contributed by atoms with Crippen LogP contribution in [0.1, 0.15) is 24.6 Å². The van der Waals surface area contributed by atoms with Gasteiger partial charge in [-0.3, -0.25) is 4.98 Å². The first-order valence-electron chi connectivity index (χ1n) is 4.24. The van der Waals surface area contributed by atoms with Gasteiger partial charge in [-0.2, -0.15) is 0 Å². The van der Waals surface area contributed by atoms with Gasteiger partial charge >= 0.3 is 0 Å². The lowest BCUT2D eigenvalue weighted by atomic mass is 10.1. The molecular weight excluding hydrogens is 152 g/mol. The molecule has 2 heterocycles. The molecule has 0 amide bonds. The Balaban J connectivity index is 2.17. The van der Waals surface area contributed by atoms with E-state index in [0.717, 1.165) is 18.7 Å². The van der Waals surface area contributed by atoms with Gasteiger partial charge in [0.15, 0.2) is 0 Å². The molecule has 1 saturated heterocycles. The van der Waals surface area contributed by atoms with Crippen molar-refractivity contribution < 1.29 is 5.11 Å². The predicted molar refractivity (Wildman–Crippen MR) is 45.9 cm³/mol. The van der Waals surface area contributed by atoms with Gasteiger partial charge in [-0.05, 0) is 31.5 Å². The van der Waals surface area contributed by atoms with Crippen molar-refractivity contribution in [1.82, 2.24) is 10.3 Å². The molecule has 3 heteroatoms. The van der Waals surface area contributed by atoms with Crippen LogP contribution in [0.2, 0.25) is 0 Å². The van der Waals surface area contributed by atoms with Crippen molar-refractivity contribution in [1.29, 1.82) is 0 Å². The molecule has 0 bridgehead atoms. The van der Waals surface area contributed by atoms with Crippen LogP contribution in [-0.2, 0) is 0 Å². The van der Waals surface area contributed by atoms with E-state index in [-0.39, 0.29) is 5.75 Å². The van der Waals surface area contributed by atoms with Crippen molar-refractivity contribution in [3.63, 3.8) is 0 Å². The summed E-state index contributed by atoms with van der Waals surface area (Å²) in [4.78, 5) is 4.15. The Morgan fingerprint density at radius 2 is 2.42 bits per heavy atom. The first kappa shape index (κ1) is 7.55. The van der Waals surface area contributed by atoms with E-state index in [2.05, 4.69) is 10.3 Å². The fourth-order valence-corrected chi connectivity index (χ4v) is 1.54. The standard InChI is InChI=1S/C9H12N2O/c12-7-3-4-9(11-6-7)8-2-1-5-10-8/h3-4,6,8,10,12H,1-2,5H2/t8-/m0/s1. The number of nitrogens with one attached hydrogen (secondary N) is 1. The monoisotopic (exact) mass is 164 g/mol. The Morgan fingerprint density at radius 3 is 3.00 bits per heavy atom. The zero-order valence-corrected chi connectivity index (χ0v) is 6.83. The van der Waals surface area contributed by atoms with Crippen LogP contribution in [0.15, 0.2) is 18.3 Å². The normalized spacial score (nSPS) is 22.8. The lowest BCUT2D eigenvalue weighted by Crippen LogP contribution is -2.13. The van der Waals surface area contributed by atoms with Crippen molar-refractivity contribution in [2.24, 2.45) is 0 Å². The zero-order chi connectivity index (χ0) is 8.39. The van der Waals surface area contributed by atoms with E-state index in [1.54, 1.807) is 6.07 Å². The molecule has 1 atom stereocenters. The molecule has 3 nitrogen and oxygen atoms in total. The largest absolute Gasteiger partial charge is 0.506 e. The van der Waals surface area contributed by atoms with Crippen LogP contribution in [0.25, 0.3) is 0 Å². The minimum absolute atomic E-state index is 0.233. The number of hydrogen-bond acceptors (Lipinski definition) is 3. The van der Waals surface area contributed by atoms with E-state index in [9.17, 15) is 0 Å². The third kappa shape index (κ3) is 1.41. The second-order valence-electron chi connectivity index (χ2n) is 3.09. The Hall–Kier alpha value is -1.09. The molecule has 0 saturated carbocycles. The van der Waals surface area contributed by atoms with Crippen LogP contribution in [0.3, 0.4) is 0 Å². The van der Waals surface area contributed by atoms with E-state index in [1.165, 1.54) is 12.6 Å². The third-order valence-electron chi connectivity index (χ3n) is 2.19. The first-order valence-corrected chi connectivity index (χ1v) is 4.24. The molecule has 1 aromatic heterocycles. The van der Waals surface area contributed by atoms with Gasteiger partial charge in [-0.1, -0.05) is 0 Å². The highest BCUT2D eigenvalue weighted by molar-refractivity contribution is 5.20. The number of aromatic nitrogens is 1. The highest BCUT2D eigenvalue weighted by atomic mass is 16.3. The molecule has 2 N–H and O–H groups in total. The summed E-state index contributed by atoms with van der Waals surface area (Å²) in [5, 5.41) is 12.4. The highest BCUT2D eigenvalue weighted by Gasteiger charge is 2.16. The lowest BCUT2D eigenvalue weighted by molar-refractivity contribution is 0.471. The minimum Gasteiger partial charge on any atom is -0.506 e. The molecule has 2 rings (SSSR count). The maximum atomic E-state index is 9.02. The first-order chi connectivity index (χ1) is 5.86. The topological polar surface area (TPSA) is 45.1 Å². The maximum Gasteiger partial charge on any atom is 0.133 e. The van der Waals surface area contributed by atoms with Gasteiger partial charge in [0.2, 0.25) is 0 Å². The Kier molecular flexibility index (Phi) is 1.96. The second-order valence-corrected chi connectivity index (χ2v) is 3.09. The molecule has 1 aromatic rings. The van der Waals surface area contributed by atoms with Crippen LogP contribution in [0, 0.1) is 0 Å². The summed E-state index contributed by atoms with van der Waals surface area (Å²) in [6, 6.07) is 3.95. The van der Waals surface area contributed by atoms with Gasteiger partial charge in [0, 0.05) is 6.04 Å². The second kappa shape index (κ2) is 3.11. The average Bonchev–Trinajstić information content (AvgIpc) is 2.58. The Morgan fingerprint density at radius 1 is 1.50 bits per heavy atom. The van der Waals surface area contributed by atoms with E-state index in [1.807, 2.05) is 6.07 Å². The van der Waals surface area contributed by atoms with Crippen LogP contribution in [-0.4, -0.2) is 16.6 Å². The molecule has 0 spiro atoms. The average molecular weight is 164 g/mol. The molecule has 0 aliphatic carbocycles. The maximum absolute atomic E-state index is 9.02. The van der Waals surface area contributed by atoms with Crippen molar-refractivity contribution in [3.8, 4) is 5.75 Å². The molecule has 1 aliphatic heterocycles. The number of aromatic hydroxyl groups is 1. The van der Waals surface area contributed by atoms with Crippen molar-refractivity contribution >= 4 is 0 Å². The van der Waals surface area contributed by atoms with Crippen LogP contribution in [0.5, 0.6) is 5.75 Å². The van der Waals surface area contributed by atoms with Crippen molar-refractivity contribution in [2.75, 3.05) is 6.54 Å². The van der Waals surface area contributed by atoms with Crippen LogP contribution < -0.4 is 5.32 Å². The zero-order valence-electron chi connectivity index (χ0n) is 6.83. The molecule has 0 aromatic carbocycles. The lowest BCUT2D eigenvalue weighted by Gasteiger charge is -2.08. The van der Waals surface area contributed by atoms with Crippen molar-refractivity contribution in [3.05, 3.63) is 24.0 Å². The summed E-state index contributed by atoms with van der Waals surface area (Å²) in [6.45, 7) is 1.08. The number of hydrogen-bond donors (Lipinski definition) is 2. The van der Waals surface area contributed by atoms with Crippen molar-refractivity contribution in [2.45, 2.75) is 18.9 Å². The molecule has 1 fully saturated rings. The van der Waals surface area contributed by atoms with Gasteiger partial charge < -0.3 is 10.4 Å². The summed E-state index contributed by atoms with van der Waals surface area (Å²) in [7, 11) is 0. The Bertz CT molecular complexity index is 252. The van der Waals surface area contributed by atoms with Gasteiger partial charge in [-0.15, -0.1) is 0 Å². The van der Waals surface area contributed by atoms with E-state index >= 15 is 0 Å². The predicted octanol–water partition coefficient (Wildman–Crippen LogP) is 1.21. The molecule has 0 radical (unpaired) electrons. The molecule has 12 heavy (non-hydrogen) atoms. The quantitative estimate of drug-likeness (QED) is 0.655. The summed E-state index contributed by atoms with van der Waals surface area (Å²) in [5.74, 6) is 0.233. The molecule has 0 unspecified atom stereocenters. The molecule has 1 aliphatic rings. The number of nitrogens with zero attached hydrogens (tertiary/aromatic N) is 1. The van der Waals surface area contributed by atoms with Gasteiger partial charge in [-0.25, -0.2) is 0 Å². The number of pyridine rings is 1. The minimum atomic E-state index is 0.233. The Labute approximate surface area is 71.4 Å².